The van der Waals surface area contributed by atoms with Crippen molar-refractivity contribution in [1.82, 2.24) is 20.1 Å². The van der Waals surface area contributed by atoms with E-state index in [1.54, 1.807) is 19.0 Å². The molecule has 0 unspecified atom stereocenters. The van der Waals surface area contributed by atoms with Crippen molar-refractivity contribution < 1.29 is 4.79 Å². The van der Waals surface area contributed by atoms with E-state index in [9.17, 15) is 4.79 Å². The number of H-pyrrole nitrogens is 1. The van der Waals surface area contributed by atoms with Gasteiger partial charge in [-0.1, -0.05) is 48.2 Å². The number of aromatic amines is 1. The number of nitrogens with zero attached hydrogens (tertiary/aromatic N) is 3. The van der Waals surface area contributed by atoms with Crippen LogP contribution in [0.4, 0.5) is 0 Å². The maximum Gasteiger partial charge on any atom is 0.232 e. The molecule has 0 bridgehead atoms. The van der Waals surface area contributed by atoms with Gasteiger partial charge in [0.15, 0.2) is 0 Å². The van der Waals surface area contributed by atoms with Crippen LogP contribution in [-0.4, -0.2) is 45.8 Å². The molecule has 0 spiro atoms. The first-order chi connectivity index (χ1) is 9.65. The summed E-state index contributed by atoms with van der Waals surface area (Å²) in [5.74, 6) is 1.06. The van der Waals surface area contributed by atoms with E-state index in [0.29, 0.717) is 16.7 Å². The number of aromatic nitrogens is 3. The molecule has 1 amide bonds. The minimum Gasteiger partial charge on any atom is -0.348 e. The molecule has 1 aromatic heterocycles. The minimum absolute atomic E-state index is 0.0428. The van der Waals surface area contributed by atoms with Crippen molar-refractivity contribution in [2.45, 2.75) is 5.16 Å². The molecule has 1 heterocycles. The Kier molecular flexibility index (Phi) is 4.95. The standard InChI is InChI=1S/C14H16N4OS/c1-18(2)13(19)10-20-14-15-12(16-17-14)9-8-11-6-4-3-5-7-11/h3-9H,10H2,1-2H3,(H,15,16,17). The third-order valence-corrected chi connectivity index (χ3v) is 3.37. The Morgan fingerprint density at radius 3 is 2.75 bits per heavy atom. The van der Waals surface area contributed by atoms with Crippen molar-refractivity contribution in [1.29, 1.82) is 0 Å². The van der Waals surface area contributed by atoms with Gasteiger partial charge in [-0.25, -0.2) is 4.98 Å². The fraction of sp³-hybridized carbons (Fsp3) is 0.214. The zero-order valence-corrected chi connectivity index (χ0v) is 12.2. The smallest absolute Gasteiger partial charge is 0.232 e. The molecule has 0 aliphatic heterocycles. The largest absolute Gasteiger partial charge is 0.348 e. The van der Waals surface area contributed by atoms with Gasteiger partial charge in [-0.3, -0.25) is 9.89 Å². The lowest BCUT2D eigenvalue weighted by Crippen LogP contribution is -2.23. The third kappa shape index (κ3) is 4.24. The van der Waals surface area contributed by atoms with Gasteiger partial charge < -0.3 is 4.90 Å². The lowest BCUT2D eigenvalue weighted by Gasteiger charge is -2.07. The molecule has 1 aromatic carbocycles. The summed E-state index contributed by atoms with van der Waals surface area (Å²) in [6, 6.07) is 9.96. The average Bonchev–Trinajstić information content (AvgIpc) is 2.91. The van der Waals surface area contributed by atoms with Crippen LogP contribution in [0.2, 0.25) is 0 Å². The molecule has 0 radical (unpaired) electrons. The van der Waals surface area contributed by atoms with Crippen molar-refractivity contribution in [3.05, 3.63) is 41.7 Å². The van der Waals surface area contributed by atoms with E-state index in [1.807, 2.05) is 42.5 Å². The van der Waals surface area contributed by atoms with Gasteiger partial charge in [-0.05, 0) is 11.6 Å². The monoisotopic (exact) mass is 288 g/mol. The van der Waals surface area contributed by atoms with Gasteiger partial charge in [-0.2, -0.15) is 0 Å². The highest BCUT2D eigenvalue weighted by Gasteiger charge is 2.07. The van der Waals surface area contributed by atoms with E-state index >= 15 is 0 Å². The fourth-order valence-corrected chi connectivity index (χ4v) is 2.18. The lowest BCUT2D eigenvalue weighted by molar-refractivity contribution is -0.125. The summed E-state index contributed by atoms with van der Waals surface area (Å²) < 4.78 is 0. The second-order valence-corrected chi connectivity index (χ2v) is 5.27. The van der Waals surface area contributed by atoms with Crippen LogP contribution in [0.5, 0.6) is 0 Å². The molecule has 2 aromatic rings. The first-order valence-corrected chi connectivity index (χ1v) is 7.12. The van der Waals surface area contributed by atoms with Gasteiger partial charge in [0.1, 0.15) is 5.82 Å². The molecule has 104 valence electrons. The Morgan fingerprint density at radius 1 is 1.30 bits per heavy atom. The van der Waals surface area contributed by atoms with Crippen LogP contribution in [0.25, 0.3) is 12.2 Å². The third-order valence-electron chi connectivity index (χ3n) is 2.54. The van der Waals surface area contributed by atoms with Gasteiger partial charge in [0.25, 0.3) is 0 Å². The number of amides is 1. The molecule has 20 heavy (non-hydrogen) atoms. The van der Waals surface area contributed by atoms with Crippen molar-refractivity contribution in [3.63, 3.8) is 0 Å². The van der Waals surface area contributed by atoms with Gasteiger partial charge in [0.2, 0.25) is 11.1 Å². The highest BCUT2D eigenvalue weighted by Crippen LogP contribution is 2.13. The summed E-state index contributed by atoms with van der Waals surface area (Å²) in [6.45, 7) is 0. The Balaban J connectivity index is 1.92. The highest BCUT2D eigenvalue weighted by atomic mass is 32.2. The maximum atomic E-state index is 11.5. The van der Waals surface area contributed by atoms with Crippen LogP contribution in [-0.2, 0) is 4.79 Å². The zero-order chi connectivity index (χ0) is 14.4. The molecule has 0 saturated heterocycles. The number of thioether (sulfide) groups is 1. The minimum atomic E-state index is 0.0428. The summed E-state index contributed by atoms with van der Waals surface area (Å²) >= 11 is 1.32. The van der Waals surface area contributed by atoms with E-state index in [0.717, 1.165) is 5.56 Å². The first kappa shape index (κ1) is 14.3. The van der Waals surface area contributed by atoms with E-state index in [1.165, 1.54) is 11.8 Å². The normalized spacial score (nSPS) is 10.9. The number of carbonyl (C=O) groups excluding carboxylic acids is 1. The molecule has 2 rings (SSSR count). The second-order valence-electron chi connectivity index (χ2n) is 4.32. The molecular weight excluding hydrogens is 272 g/mol. The van der Waals surface area contributed by atoms with Crippen molar-refractivity contribution in [2.24, 2.45) is 0 Å². The van der Waals surface area contributed by atoms with E-state index in [2.05, 4.69) is 15.2 Å². The Labute approximate surface area is 122 Å². The summed E-state index contributed by atoms with van der Waals surface area (Å²) in [5, 5.41) is 7.48. The molecule has 0 saturated carbocycles. The second kappa shape index (κ2) is 6.91. The van der Waals surface area contributed by atoms with Crippen molar-refractivity contribution >= 4 is 29.8 Å². The summed E-state index contributed by atoms with van der Waals surface area (Å²) in [7, 11) is 3.46. The maximum absolute atomic E-state index is 11.5. The lowest BCUT2D eigenvalue weighted by atomic mass is 10.2. The molecule has 5 nitrogen and oxygen atoms in total. The number of carbonyl (C=O) groups is 1. The molecule has 0 aliphatic carbocycles. The quantitative estimate of drug-likeness (QED) is 0.856. The number of hydrogen-bond acceptors (Lipinski definition) is 4. The summed E-state index contributed by atoms with van der Waals surface area (Å²) in [4.78, 5) is 17.3. The molecule has 0 atom stereocenters. The van der Waals surface area contributed by atoms with Crippen molar-refractivity contribution in [2.75, 3.05) is 19.8 Å². The predicted molar refractivity (Wildman–Crippen MR) is 81.2 cm³/mol. The van der Waals surface area contributed by atoms with Gasteiger partial charge in [0, 0.05) is 14.1 Å². The number of rotatable bonds is 5. The van der Waals surface area contributed by atoms with Gasteiger partial charge in [-0.15, -0.1) is 5.10 Å². The van der Waals surface area contributed by atoms with Gasteiger partial charge >= 0.3 is 0 Å². The first-order valence-electron chi connectivity index (χ1n) is 6.13. The molecule has 0 aliphatic rings. The summed E-state index contributed by atoms with van der Waals surface area (Å²) in [5.41, 5.74) is 1.10. The fourth-order valence-electron chi connectivity index (χ4n) is 1.39. The highest BCUT2D eigenvalue weighted by molar-refractivity contribution is 7.99. The Hall–Kier alpha value is -2.08. The van der Waals surface area contributed by atoms with Crippen LogP contribution in [0, 0.1) is 0 Å². The molecule has 0 fully saturated rings. The SMILES string of the molecule is CN(C)C(=O)CSc1n[nH]c(C=Cc2ccccc2)n1. The van der Waals surface area contributed by atoms with Crippen molar-refractivity contribution in [3.8, 4) is 0 Å². The molecular formula is C14H16N4OS. The Bertz CT molecular complexity index is 592. The predicted octanol–water partition coefficient (Wildman–Crippen LogP) is 2.16. The van der Waals surface area contributed by atoms with Crippen LogP contribution >= 0.6 is 11.8 Å². The molecule has 6 heteroatoms. The number of nitrogens with one attached hydrogen (secondary N) is 1. The average molecular weight is 288 g/mol. The molecule has 1 N–H and O–H groups in total. The van der Waals surface area contributed by atoms with E-state index in [4.69, 9.17) is 0 Å². The van der Waals surface area contributed by atoms with Gasteiger partial charge in [0.05, 0.1) is 5.75 Å². The Morgan fingerprint density at radius 2 is 2.05 bits per heavy atom. The van der Waals surface area contributed by atoms with Crippen LogP contribution in [0.15, 0.2) is 35.5 Å². The topological polar surface area (TPSA) is 61.9 Å². The number of benzene rings is 1. The van der Waals surface area contributed by atoms with E-state index < -0.39 is 0 Å². The van der Waals surface area contributed by atoms with Crippen LogP contribution < -0.4 is 0 Å². The summed E-state index contributed by atoms with van der Waals surface area (Å²) in [6.07, 6.45) is 3.82. The number of hydrogen-bond donors (Lipinski definition) is 1. The van der Waals surface area contributed by atoms with Crippen LogP contribution in [0.3, 0.4) is 0 Å². The zero-order valence-electron chi connectivity index (χ0n) is 11.4. The van der Waals surface area contributed by atoms with E-state index in [-0.39, 0.29) is 5.91 Å². The van der Waals surface area contributed by atoms with Crippen LogP contribution in [0.1, 0.15) is 11.4 Å².